The van der Waals surface area contributed by atoms with Crippen LogP contribution in [0.4, 0.5) is 5.69 Å². The summed E-state index contributed by atoms with van der Waals surface area (Å²) in [7, 11) is 3.27. The Balaban J connectivity index is 1.54. The summed E-state index contributed by atoms with van der Waals surface area (Å²) in [5, 5.41) is 3.98. The molecule has 0 aliphatic carbocycles. The van der Waals surface area contributed by atoms with Crippen molar-refractivity contribution in [2.75, 3.05) is 32.6 Å². The molecule has 142 valence electrons. The van der Waals surface area contributed by atoms with E-state index >= 15 is 0 Å². The summed E-state index contributed by atoms with van der Waals surface area (Å²) in [6.45, 7) is 2.40. The van der Waals surface area contributed by atoms with E-state index < -0.39 is 0 Å². The van der Waals surface area contributed by atoms with E-state index in [1.54, 1.807) is 20.3 Å². The van der Waals surface area contributed by atoms with E-state index in [0.717, 1.165) is 43.2 Å². The lowest BCUT2D eigenvalue weighted by atomic mass is 9.83. The molecule has 4 rings (SSSR count). The van der Waals surface area contributed by atoms with E-state index in [0.29, 0.717) is 22.7 Å². The van der Waals surface area contributed by atoms with Crippen molar-refractivity contribution in [1.29, 1.82) is 0 Å². The minimum Gasteiger partial charge on any atom is -0.497 e. The number of aromatic nitrogens is 1. The number of methoxy groups -OCH3 is 2. The lowest BCUT2D eigenvalue weighted by Gasteiger charge is -2.43. The van der Waals surface area contributed by atoms with Gasteiger partial charge in [0.15, 0.2) is 5.11 Å². The molecular formula is C20H23N3O3S. The third-order valence-electron chi connectivity index (χ3n) is 5.42. The lowest BCUT2D eigenvalue weighted by molar-refractivity contribution is 0.180. The molecule has 2 bridgehead atoms. The topological polar surface area (TPSA) is 55.7 Å². The molecule has 0 saturated carbocycles. The van der Waals surface area contributed by atoms with Crippen molar-refractivity contribution in [2.45, 2.75) is 18.9 Å². The maximum atomic E-state index is 12.2. The van der Waals surface area contributed by atoms with E-state index in [1.165, 1.54) is 0 Å². The Hall–Kier alpha value is -2.54. The maximum Gasteiger partial charge on any atom is 0.250 e. The Labute approximate surface area is 163 Å². The molecule has 1 N–H and O–H groups in total. The monoisotopic (exact) mass is 385 g/mol. The second-order valence-electron chi connectivity index (χ2n) is 7.10. The Morgan fingerprint density at radius 1 is 1.15 bits per heavy atom. The van der Waals surface area contributed by atoms with Gasteiger partial charge in [-0.15, -0.1) is 0 Å². The zero-order chi connectivity index (χ0) is 19.0. The zero-order valence-corrected chi connectivity index (χ0v) is 16.3. The van der Waals surface area contributed by atoms with Crippen LogP contribution in [0.5, 0.6) is 11.5 Å². The fourth-order valence-electron chi connectivity index (χ4n) is 4.17. The Bertz CT molecular complexity index is 927. The number of piperidine rings is 1. The minimum atomic E-state index is 0.0949. The average Bonchev–Trinajstić information content (AvgIpc) is 2.68. The van der Waals surface area contributed by atoms with Gasteiger partial charge >= 0.3 is 0 Å². The van der Waals surface area contributed by atoms with Crippen LogP contribution < -0.4 is 20.3 Å². The maximum absolute atomic E-state index is 12.2. The fourth-order valence-corrected chi connectivity index (χ4v) is 4.43. The van der Waals surface area contributed by atoms with Crippen molar-refractivity contribution in [3.63, 3.8) is 0 Å². The molecule has 2 atom stereocenters. The number of nitrogens with one attached hydrogen (secondary N) is 1. The number of benzene rings is 1. The first-order valence-corrected chi connectivity index (χ1v) is 9.47. The summed E-state index contributed by atoms with van der Waals surface area (Å²) >= 11 is 5.70. The molecule has 1 aromatic carbocycles. The smallest absolute Gasteiger partial charge is 0.250 e. The van der Waals surface area contributed by atoms with Crippen molar-refractivity contribution in [1.82, 2.24) is 9.47 Å². The number of anilines is 1. The van der Waals surface area contributed by atoms with Gasteiger partial charge in [-0.25, -0.2) is 0 Å². The second kappa shape index (κ2) is 7.23. The highest BCUT2D eigenvalue weighted by molar-refractivity contribution is 7.80. The van der Waals surface area contributed by atoms with E-state index in [4.69, 9.17) is 21.7 Å². The number of rotatable bonds is 3. The van der Waals surface area contributed by atoms with Crippen molar-refractivity contribution in [3.8, 4) is 11.5 Å². The molecular weight excluding hydrogens is 362 g/mol. The third kappa shape index (κ3) is 3.39. The van der Waals surface area contributed by atoms with Crippen LogP contribution in [0.1, 0.15) is 18.0 Å². The van der Waals surface area contributed by atoms with Gasteiger partial charge in [-0.05, 0) is 42.8 Å². The van der Waals surface area contributed by atoms with E-state index in [-0.39, 0.29) is 5.56 Å². The standard InChI is InChI=1S/C20H23N3O3S/c1-25-15-6-7-18(26-2)16(9-15)21-20(27)22-10-13-8-14(12-22)17-4-3-5-19(24)23(17)11-13/h3-7,9,13-14H,8,10-12H2,1-2H3,(H,21,27)/t13-,14+/m1/s1. The third-order valence-corrected chi connectivity index (χ3v) is 5.78. The first kappa shape index (κ1) is 17.9. The number of likely N-dealkylation sites (tertiary alicyclic amines) is 1. The van der Waals surface area contributed by atoms with Crippen LogP contribution >= 0.6 is 12.2 Å². The molecule has 0 radical (unpaired) electrons. The van der Waals surface area contributed by atoms with Crippen LogP contribution in [0.25, 0.3) is 0 Å². The van der Waals surface area contributed by atoms with Gasteiger partial charge in [-0.3, -0.25) is 4.79 Å². The summed E-state index contributed by atoms with van der Waals surface area (Å²) in [6.07, 6.45) is 1.10. The lowest BCUT2D eigenvalue weighted by Crippen LogP contribution is -2.50. The van der Waals surface area contributed by atoms with Gasteiger partial charge in [0.05, 0.1) is 19.9 Å². The molecule has 3 heterocycles. The quantitative estimate of drug-likeness (QED) is 0.820. The van der Waals surface area contributed by atoms with Crippen LogP contribution in [0, 0.1) is 5.92 Å². The molecule has 1 fully saturated rings. The molecule has 27 heavy (non-hydrogen) atoms. The SMILES string of the molecule is COc1ccc(OC)c(NC(=S)N2C[C@H]3C[C@@H](C2)c2cccc(=O)n2C3)c1. The molecule has 2 aromatic rings. The van der Waals surface area contributed by atoms with Crippen molar-refractivity contribution < 1.29 is 9.47 Å². The van der Waals surface area contributed by atoms with Gasteiger partial charge < -0.3 is 24.3 Å². The highest BCUT2D eigenvalue weighted by atomic mass is 32.1. The van der Waals surface area contributed by atoms with Crippen LogP contribution in [0.2, 0.25) is 0 Å². The van der Waals surface area contributed by atoms with Gasteiger partial charge in [0, 0.05) is 43.4 Å². The fraction of sp³-hybridized carbons (Fsp3) is 0.400. The van der Waals surface area contributed by atoms with Crippen molar-refractivity contribution in [2.24, 2.45) is 5.92 Å². The summed E-state index contributed by atoms with van der Waals surface area (Å²) < 4.78 is 12.7. The predicted octanol–water partition coefficient (Wildman–Crippen LogP) is 2.68. The van der Waals surface area contributed by atoms with Crippen molar-refractivity contribution >= 4 is 23.0 Å². The highest BCUT2D eigenvalue weighted by Crippen LogP contribution is 2.36. The van der Waals surface area contributed by atoms with Gasteiger partial charge in [-0.1, -0.05) is 6.07 Å². The first-order chi connectivity index (χ1) is 13.1. The van der Waals surface area contributed by atoms with Gasteiger partial charge in [0.1, 0.15) is 11.5 Å². The number of hydrogen-bond donors (Lipinski definition) is 1. The number of fused-ring (bicyclic) bond motifs is 4. The molecule has 7 heteroatoms. The Morgan fingerprint density at radius 3 is 2.78 bits per heavy atom. The van der Waals surface area contributed by atoms with Gasteiger partial charge in [-0.2, -0.15) is 0 Å². The number of thiocarbonyl (C=S) groups is 1. The zero-order valence-electron chi connectivity index (χ0n) is 15.5. The van der Waals surface area contributed by atoms with Gasteiger partial charge in [0.25, 0.3) is 5.56 Å². The molecule has 0 spiro atoms. The summed E-state index contributed by atoms with van der Waals surface area (Å²) in [6, 6.07) is 11.2. The number of nitrogens with zero attached hydrogens (tertiary/aromatic N) is 2. The van der Waals surface area contributed by atoms with E-state index in [9.17, 15) is 4.79 Å². The van der Waals surface area contributed by atoms with Crippen LogP contribution in [-0.4, -0.2) is 41.9 Å². The Morgan fingerprint density at radius 2 is 2.00 bits per heavy atom. The summed E-state index contributed by atoms with van der Waals surface area (Å²) in [5.74, 6) is 2.19. The van der Waals surface area contributed by atoms with Crippen LogP contribution in [0.3, 0.4) is 0 Å². The molecule has 2 aliphatic rings. The first-order valence-electron chi connectivity index (χ1n) is 9.06. The number of pyridine rings is 1. The average molecular weight is 385 g/mol. The normalized spacial score (nSPS) is 20.6. The molecule has 6 nitrogen and oxygen atoms in total. The van der Waals surface area contributed by atoms with Crippen molar-refractivity contribution in [3.05, 3.63) is 52.4 Å². The predicted molar refractivity (Wildman–Crippen MR) is 109 cm³/mol. The second-order valence-corrected chi connectivity index (χ2v) is 7.49. The van der Waals surface area contributed by atoms with E-state index in [1.807, 2.05) is 28.8 Å². The molecule has 2 aliphatic heterocycles. The Kier molecular flexibility index (Phi) is 4.78. The number of ether oxygens (including phenoxy) is 2. The van der Waals surface area contributed by atoms with Crippen LogP contribution in [0.15, 0.2) is 41.2 Å². The highest BCUT2D eigenvalue weighted by Gasteiger charge is 2.35. The molecule has 0 unspecified atom stereocenters. The summed E-state index contributed by atoms with van der Waals surface area (Å²) in [4.78, 5) is 14.4. The van der Waals surface area contributed by atoms with Gasteiger partial charge in [0.2, 0.25) is 0 Å². The van der Waals surface area contributed by atoms with E-state index in [2.05, 4.69) is 16.3 Å². The molecule has 1 aromatic heterocycles. The molecule has 0 amide bonds. The number of hydrogen-bond acceptors (Lipinski definition) is 4. The molecule has 1 saturated heterocycles. The van der Waals surface area contributed by atoms with Crippen LogP contribution in [-0.2, 0) is 6.54 Å². The largest absolute Gasteiger partial charge is 0.497 e. The minimum absolute atomic E-state index is 0.0949. The summed E-state index contributed by atoms with van der Waals surface area (Å²) in [5.41, 5.74) is 2.00.